The molecule has 17 heavy (non-hydrogen) atoms. The third kappa shape index (κ3) is 3.94. The maximum atomic E-state index is 11.6. The number of hydrogen-bond donors (Lipinski definition) is 2. The van der Waals surface area contributed by atoms with Crippen molar-refractivity contribution in [1.29, 1.82) is 0 Å². The lowest BCUT2D eigenvalue weighted by molar-refractivity contribution is -0.121. The summed E-state index contributed by atoms with van der Waals surface area (Å²) in [6.45, 7) is 7.53. The molecule has 0 radical (unpaired) electrons. The van der Waals surface area contributed by atoms with Crippen LogP contribution in [-0.4, -0.2) is 10.9 Å². The Morgan fingerprint density at radius 1 is 1.35 bits per heavy atom. The molecule has 3 nitrogen and oxygen atoms in total. The van der Waals surface area contributed by atoms with Gasteiger partial charge in [0.25, 0.3) is 0 Å². The molecule has 1 aromatic carbocycles. The van der Waals surface area contributed by atoms with E-state index in [9.17, 15) is 9.90 Å². The number of benzene rings is 1. The molecule has 0 aliphatic rings. The number of aromatic hydroxyl groups is 1. The summed E-state index contributed by atoms with van der Waals surface area (Å²) in [6.07, 6.45) is 3.17. The van der Waals surface area contributed by atoms with E-state index in [2.05, 4.69) is 5.32 Å². The number of phenolic OH excluding ortho intramolecular Hbond substituents is 1. The van der Waals surface area contributed by atoms with Crippen molar-refractivity contribution < 1.29 is 9.90 Å². The molecule has 1 rings (SSSR count). The van der Waals surface area contributed by atoms with Crippen molar-refractivity contribution in [2.75, 3.05) is 5.32 Å². The van der Waals surface area contributed by atoms with Gasteiger partial charge in [-0.3, -0.25) is 4.79 Å². The number of phenols is 1. The number of carbonyl (C=O) groups is 1. The van der Waals surface area contributed by atoms with E-state index >= 15 is 0 Å². The summed E-state index contributed by atoms with van der Waals surface area (Å²) in [5.74, 6) is 0.309. The first kappa shape index (κ1) is 13.3. The van der Waals surface area contributed by atoms with Crippen LogP contribution in [0.1, 0.15) is 26.3 Å². The number of hydrogen-bond acceptors (Lipinski definition) is 3. The highest BCUT2D eigenvalue weighted by Crippen LogP contribution is 2.20. The van der Waals surface area contributed by atoms with Crippen molar-refractivity contribution in [2.24, 2.45) is 5.41 Å². The van der Waals surface area contributed by atoms with Crippen LogP contribution in [-0.2, 0) is 4.79 Å². The van der Waals surface area contributed by atoms with E-state index in [0.717, 1.165) is 11.3 Å². The SMILES string of the molecule is Cc1cc(O)ccc1NC=CC(=O)C(C)(C)C. The van der Waals surface area contributed by atoms with Crippen molar-refractivity contribution in [3.63, 3.8) is 0 Å². The molecule has 2 N–H and O–H groups in total. The van der Waals surface area contributed by atoms with Crippen molar-refractivity contribution in [3.05, 3.63) is 36.0 Å². The number of anilines is 1. The highest BCUT2D eigenvalue weighted by Gasteiger charge is 2.17. The van der Waals surface area contributed by atoms with E-state index in [1.165, 1.54) is 6.08 Å². The Bertz CT molecular complexity index is 442. The molecule has 0 aliphatic heterocycles. The fraction of sp³-hybridized carbons (Fsp3) is 0.357. The molecule has 0 aromatic heterocycles. The second kappa shape index (κ2) is 5.04. The lowest BCUT2D eigenvalue weighted by Gasteiger charge is -2.13. The Kier molecular flexibility index (Phi) is 3.94. The molecule has 0 unspecified atom stereocenters. The quantitative estimate of drug-likeness (QED) is 0.622. The molecule has 0 amide bonds. The van der Waals surface area contributed by atoms with Gasteiger partial charge in [-0.25, -0.2) is 0 Å². The van der Waals surface area contributed by atoms with Crippen molar-refractivity contribution in [1.82, 2.24) is 0 Å². The van der Waals surface area contributed by atoms with Crippen LogP contribution in [0.3, 0.4) is 0 Å². The molecule has 0 atom stereocenters. The molecule has 0 saturated heterocycles. The highest BCUT2D eigenvalue weighted by molar-refractivity contribution is 5.94. The predicted octanol–water partition coefficient (Wildman–Crippen LogP) is 3.24. The number of ketones is 1. The zero-order valence-corrected chi connectivity index (χ0v) is 10.7. The smallest absolute Gasteiger partial charge is 0.162 e. The van der Waals surface area contributed by atoms with E-state index in [1.807, 2.05) is 27.7 Å². The zero-order valence-electron chi connectivity index (χ0n) is 10.7. The van der Waals surface area contributed by atoms with E-state index in [-0.39, 0.29) is 16.9 Å². The first-order valence-corrected chi connectivity index (χ1v) is 5.58. The van der Waals surface area contributed by atoms with Crippen LogP contribution in [0.4, 0.5) is 5.69 Å². The topological polar surface area (TPSA) is 49.3 Å². The van der Waals surface area contributed by atoms with Gasteiger partial charge in [-0.2, -0.15) is 0 Å². The molecule has 3 heteroatoms. The molecule has 0 saturated carbocycles. The van der Waals surface area contributed by atoms with Gasteiger partial charge in [0.1, 0.15) is 5.75 Å². The second-order valence-corrected chi connectivity index (χ2v) is 5.09. The summed E-state index contributed by atoms with van der Waals surface area (Å²) in [5, 5.41) is 12.3. The Hall–Kier alpha value is -1.77. The van der Waals surface area contributed by atoms with Gasteiger partial charge in [-0.1, -0.05) is 20.8 Å². The van der Waals surface area contributed by atoms with E-state index in [0.29, 0.717) is 0 Å². The summed E-state index contributed by atoms with van der Waals surface area (Å²) in [6, 6.07) is 5.05. The van der Waals surface area contributed by atoms with E-state index in [4.69, 9.17) is 0 Å². The molecule has 0 bridgehead atoms. The fourth-order valence-corrected chi connectivity index (χ4v) is 1.27. The van der Waals surface area contributed by atoms with Gasteiger partial charge >= 0.3 is 0 Å². The Morgan fingerprint density at radius 2 is 2.00 bits per heavy atom. The molecule has 0 spiro atoms. The van der Waals surface area contributed by atoms with Crippen molar-refractivity contribution in [3.8, 4) is 5.75 Å². The average molecular weight is 233 g/mol. The average Bonchev–Trinajstić information content (AvgIpc) is 2.19. The maximum absolute atomic E-state index is 11.6. The zero-order chi connectivity index (χ0) is 13.1. The third-order valence-corrected chi connectivity index (χ3v) is 2.42. The largest absolute Gasteiger partial charge is 0.508 e. The lowest BCUT2D eigenvalue weighted by Crippen LogP contribution is -2.17. The minimum atomic E-state index is -0.359. The summed E-state index contributed by atoms with van der Waals surface area (Å²) < 4.78 is 0. The third-order valence-electron chi connectivity index (χ3n) is 2.42. The van der Waals surface area contributed by atoms with Crippen LogP contribution in [0.2, 0.25) is 0 Å². The Balaban J connectivity index is 2.68. The van der Waals surface area contributed by atoms with Crippen LogP contribution in [0.25, 0.3) is 0 Å². The van der Waals surface area contributed by atoms with Gasteiger partial charge < -0.3 is 10.4 Å². The van der Waals surface area contributed by atoms with Crippen LogP contribution in [0.5, 0.6) is 5.75 Å². The van der Waals surface area contributed by atoms with Gasteiger partial charge in [-0.05, 0) is 36.8 Å². The van der Waals surface area contributed by atoms with Crippen molar-refractivity contribution >= 4 is 11.5 Å². The fourth-order valence-electron chi connectivity index (χ4n) is 1.27. The summed E-state index contributed by atoms with van der Waals surface area (Å²) >= 11 is 0. The van der Waals surface area contributed by atoms with Crippen LogP contribution in [0.15, 0.2) is 30.5 Å². The first-order chi connectivity index (χ1) is 7.80. The van der Waals surface area contributed by atoms with Gasteiger partial charge in [0, 0.05) is 17.3 Å². The molecular formula is C14H19NO2. The summed E-state index contributed by atoms with van der Waals surface area (Å²) in [5.41, 5.74) is 1.45. The van der Waals surface area contributed by atoms with Gasteiger partial charge in [0.05, 0.1) is 0 Å². The summed E-state index contributed by atoms with van der Waals surface area (Å²) in [4.78, 5) is 11.6. The maximum Gasteiger partial charge on any atom is 0.162 e. The highest BCUT2D eigenvalue weighted by atomic mass is 16.3. The molecular weight excluding hydrogens is 214 g/mol. The standard InChI is InChI=1S/C14H19NO2/c1-10-9-11(16)5-6-12(10)15-8-7-13(17)14(2,3)4/h5-9,15-16H,1-4H3. The Morgan fingerprint density at radius 3 is 2.53 bits per heavy atom. The van der Waals surface area contributed by atoms with Gasteiger partial charge in [0.2, 0.25) is 0 Å². The van der Waals surface area contributed by atoms with Crippen LogP contribution < -0.4 is 5.32 Å². The van der Waals surface area contributed by atoms with Crippen molar-refractivity contribution in [2.45, 2.75) is 27.7 Å². The number of aryl methyl sites for hydroxylation is 1. The molecule has 0 fully saturated rings. The monoisotopic (exact) mass is 233 g/mol. The number of carbonyl (C=O) groups excluding carboxylic acids is 1. The molecule has 0 aliphatic carbocycles. The number of allylic oxidation sites excluding steroid dienone is 1. The molecule has 92 valence electrons. The van der Waals surface area contributed by atoms with Crippen LogP contribution in [0, 0.1) is 12.3 Å². The normalized spacial score (nSPS) is 11.8. The van der Waals surface area contributed by atoms with E-state index < -0.39 is 0 Å². The first-order valence-electron chi connectivity index (χ1n) is 5.58. The lowest BCUT2D eigenvalue weighted by atomic mass is 9.91. The number of rotatable bonds is 3. The Labute approximate surface area is 102 Å². The minimum absolute atomic E-state index is 0.0708. The van der Waals surface area contributed by atoms with Gasteiger partial charge in [-0.15, -0.1) is 0 Å². The summed E-state index contributed by atoms with van der Waals surface area (Å²) in [7, 11) is 0. The van der Waals surface area contributed by atoms with E-state index in [1.54, 1.807) is 24.4 Å². The van der Waals surface area contributed by atoms with Gasteiger partial charge in [0.15, 0.2) is 5.78 Å². The molecule has 1 aromatic rings. The van der Waals surface area contributed by atoms with Crippen LogP contribution >= 0.6 is 0 Å². The molecule has 0 heterocycles. The second-order valence-electron chi connectivity index (χ2n) is 5.09. The minimum Gasteiger partial charge on any atom is -0.508 e. The predicted molar refractivity (Wildman–Crippen MR) is 70.1 cm³/mol. The number of nitrogens with one attached hydrogen (secondary N) is 1.